The Labute approximate surface area is 129 Å². The zero-order valence-corrected chi connectivity index (χ0v) is 13.2. The second-order valence-electron chi connectivity index (χ2n) is 5.71. The van der Waals surface area contributed by atoms with Crippen molar-refractivity contribution in [2.75, 3.05) is 19.8 Å². The van der Waals surface area contributed by atoms with Crippen LogP contribution in [-0.2, 0) is 16.1 Å². The van der Waals surface area contributed by atoms with Gasteiger partial charge in [-0.3, -0.25) is 9.48 Å². The van der Waals surface area contributed by atoms with Crippen LogP contribution in [0.15, 0.2) is 12.3 Å². The Hall–Kier alpha value is -2.15. The minimum absolute atomic E-state index is 0.0357. The van der Waals surface area contributed by atoms with Gasteiger partial charge in [-0.05, 0) is 26.8 Å². The molecule has 0 bridgehead atoms. The molecule has 3 rings (SSSR count). The highest BCUT2D eigenvalue weighted by molar-refractivity contribution is 5.76. The first-order chi connectivity index (χ1) is 10.5. The lowest BCUT2D eigenvalue weighted by Crippen LogP contribution is -2.45. The van der Waals surface area contributed by atoms with Crippen LogP contribution in [0.4, 0.5) is 0 Å². The number of nitrogens with zero attached hydrogens (tertiary/aromatic N) is 4. The van der Waals surface area contributed by atoms with Gasteiger partial charge in [-0.1, -0.05) is 0 Å². The maximum atomic E-state index is 12.7. The molecule has 1 atom stereocenters. The number of nitrogens with one attached hydrogen (secondary N) is 1. The third-order valence-corrected chi connectivity index (χ3v) is 3.88. The van der Waals surface area contributed by atoms with Crippen LogP contribution in [0, 0.1) is 20.8 Å². The number of morpholine rings is 1. The van der Waals surface area contributed by atoms with Crippen LogP contribution in [0.25, 0.3) is 0 Å². The van der Waals surface area contributed by atoms with Gasteiger partial charge in [0.1, 0.15) is 18.4 Å². The Morgan fingerprint density at radius 1 is 1.45 bits per heavy atom. The SMILES string of the molecule is Cc1cc(C)n(CC(=O)N2CCOCC2c2ncc(C)[nH]2)n1. The molecule has 1 amide bonds. The molecule has 0 saturated carbocycles. The van der Waals surface area contributed by atoms with Crippen molar-refractivity contribution in [1.29, 1.82) is 0 Å². The van der Waals surface area contributed by atoms with Crippen LogP contribution < -0.4 is 0 Å². The number of rotatable bonds is 3. The summed E-state index contributed by atoms with van der Waals surface area (Å²) in [7, 11) is 0. The molecule has 1 unspecified atom stereocenters. The van der Waals surface area contributed by atoms with E-state index in [1.54, 1.807) is 10.9 Å². The molecule has 3 heterocycles. The van der Waals surface area contributed by atoms with E-state index in [1.807, 2.05) is 31.7 Å². The van der Waals surface area contributed by atoms with Crippen molar-refractivity contribution in [2.45, 2.75) is 33.4 Å². The van der Waals surface area contributed by atoms with Gasteiger partial charge in [-0.25, -0.2) is 4.98 Å². The molecule has 2 aromatic heterocycles. The van der Waals surface area contributed by atoms with E-state index in [-0.39, 0.29) is 18.5 Å². The standard InChI is InChI=1S/C15H21N5O2/c1-10-6-12(3)20(18-10)8-14(21)19-4-5-22-9-13(19)15-16-7-11(2)17-15/h6-7,13H,4-5,8-9H2,1-3H3,(H,16,17). The monoisotopic (exact) mass is 303 g/mol. The summed E-state index contributed by atoms with van der Waals surface area (Å²) in [6, 6.07) is 1.81. The summed E-state index contributed by atoms with van der Waals surface area (Å²) in [5, 5.41) is 4.36. The number of aryl methyl sites for hydroxylation is 3. The fourth-order valence-corrected chi connectivity index (χ4v) is 2.78. The average molecular weight is 303 g/mol. The molecule has 7 heteroatoms. The number of H-pyrrole nitrogens is 1. The van der Waals surface area contributed by atoms with Crippen LogP contribution in [0.2, 0.25) is 0 Å². The maximum absolute atomic E-state index is 12.7. The Balaban J connectivity index is 1.78. The number of hydrogen-bond acceptors (Lipinski definition) is 4. The molecule has 1 N–H and O–H groups in total. The van der Waals surface area contributed by atoms with Crippen LogP contribution in [-0.4, -0.2) is 50.3 Å². The molecular formula is C15H21N5O2. The fraction of sp³-hybridized carbons (Fsp3) is 0.533. The zero-order chi connectivity index (χ0) is 15.7. The van der Waals surface area contributed by atoms with E-state index in [0.717, 1.165) is 22.9 Å². The van der Waals surface area contributed by atoms with E-state index in [2.05, 4.69) is 15.1 Å². The Kier molecular flexibility index (Phi) is 3.98. The van der Waals surface area contributed by atoms with Gasteiger partial charge in [0.05, 0.1) is 18.9 Å². The first-order valence-electron chi connectivity index (χ1n) is 7.44. The number of ether oxygens (including phenoxy) is 1. The van der Waals surface area contributed by atoms with Crippen LogP contribution in [0.1, 0.15) is 28.9 Å². The highest BCUT2D eigenvalue weighted by Gasteiger charge is 2.30. The van der Waals surface area contributed by atoms with Crippen LogP contribution in [0.3, 0.4) is 0 Å². The lowest BCUT2D eigenvalue weighted by Gasteiger charge is -2.34. The van der Waals surface area contributed by atoms with Gasteiger partial charge in [-0.2, -0.15) is 5.10 Å². The highest BCUT2D eigenvalue weighted by atomic mass is 16.5. The van der Waals surface area contributed by atoms with Crippen LogP contribution >= 0.6 is 0 Å². The molecule has 1 saturated heterocycles. The Bertz CT molecular complexity index is 675. The van der Waals surface area contributed by atoms with E-state index in [4.69, 9.17) is 4.74 Å². The number of carbonyl (C=O) groups excluding carboxylic acids is 1. The summed E-state index contributed by atoms with van der Waals surface area (Å²) in [4.78, 5) is 22.1. The van der Waals surface area contributed by atoms with Crippen molar-refractivity contribution in [2.24, 2.45) is 0 Å². The second-order valence-corrected chi connectivity index (χ2v) is 5.71. The third-order valence-electron chi connectivity index (χ3n) is 3.88. The van der Waals surface area contributed by atoms with Crippen molar-refractivity contribution >= 4 is 5.91 Å². The number of hydrogen-bond donors (Lipinski definition) is 1. The molecule has 0 aromatic carbocycles. The Morgan fingerprint density at radius 3 is 2.91 bits per heavy atom. The summed E-state index contributed by atoms with van der Waals surface area (Å²) >= 11 is 0. The third kappa shape index (κ3) is 2.89. The summed E-state index contributed by atoms with van der Waals surface area (Å²) < 4.78 is 7.28. The number of aromatic nitrogens is 4. The molecule has 1 fully saturated rings. The smallest absolute Gasteiger partial charge is 0.245 e. The van der Waals surface area contributed by atoms with Gasteiger partial charge in [0, 0.05) is 24.1 Å². The highest BCUT2D eigenvalue weighted by Crippen LogP contribution is 2.22. The number of amides is 1. The van der Waals surface area contributed by atoms with E-state index in [1.165, 1.54) is 0 Å². The van der Waals surface area contributed by atoms with Crippen molar-refractivity contribution in [3.05, 3.63) is 35.2 Å². The predicted octanol–water partition coefficient (Wildman–Crippen LogP) is 1.13. The first-order valence-corrected chi connectivity index (χ1v) is 7.44. The molecule has 1 aliphatic heterocycles. The van der Waals surface area contributed by atoms with E-state index < -0.39 is 0 Å². The molecule has 1 aliphatic rings. The molecule has 7 nitrogen and oxygen atoms in total. The topological polar surface area (TPSA) is 76.0 Å². The van der Waals surface area contributed by atoms with E-state index in [9.17, 15) is 4.79 Å². The van der Waals surface area contributed by atoms with Crippen molar-refractivity contribution < 1.29 is 9.53 Å². The number of imidazole rings is 1. The maximum Gasteiger partial charge on any atom is 0.245 e. The summed E-state index contributed by atoms with van der Waals surface area (Å²) in [5.74, 6) is 0.812. The van der Waals surface area contributed by atoms with Gasteiger partial charge in [0.25, 0.3) is 0 Å². The molecule has 22 heavy (non-hydrogen) atoms. The summed E-state index contributed by atoms with van der Waals surface area (Å²) in [5.41, 5.74) is 2.89. The minimum Gasteiger partial charge on any atom is -0.377 e. The molecule has 0 spiro atoms. The Morgan fingerprint density at radius 2 is 2.27 bits per heavy atom. The molecule has 118 valence electrons. The molecule has 0 aliphatic carbocycles. The van der Waals surface area contributed by atoms with E-state index >= 15 is 0 Å². The van der Waals surface area contributed by atoms with Gasteiger partial charge in [0.15, 0.2) is 0 Å². The average Bonchev–Trinajstić information content (AvgIpc) is 3.05. The summed E-state index contributed by atoms with van der Waals surface area (Å²) in [6.45, 7) is 7.67. The zero-order valence-electron chi connectivity index (χ0n) is 13.2. The van der Waals surface area contributed by atoms with Crippen molar-refractivity contribution in [1.82, 2.24) is 24.6 Å². The largest absolute Gasteiger partial charge is 0.377 e. The lowest BCUT2D eigenvalue weighted by atomic mass is 10.2. The van der Waals surface area contributed by atoms with E-state index in [0.29, 0.717) is 19.8 Å². The quantitative estimate of drug-likeness (QED) is 0.922. The number of carbonyl (C=O) groups is 1. The van der Waals surface area contributed by atoms with Gasteiger partial charge in [-0.15, -0.1) is 0 Å². The summed E-state index contributed by atoms with van der Waals surface area (Å²) in [6.07, 6.45) is 1.77. The van der Waals surface area contributed by atoms with Gasteiger partial charge < -0.3 is 14.6 Å². The lowest BCUT2D eigenvalue weighted by molar-refractivity contribution is -0.141. The minimum atomic E-state index is -0.160. The molecule has 0 radical (unpaired) electrons. The fourth-order valence-electron chi connectivity index (χ4n) is 2.78. The van der Waals surface area contributed by atoms with Gasteiger partial charge >= 0.3 is 0 Å². The van der Waals surface area contributed by atoms with Crippen molar-refractivity contribution in [3.63, 3.8) is 0 Å². The molecular weight excluding hydrogens is 282 g/mol. The first kappa shape index (κ1) is 14.8. The normalized spacial score (nSPS) is 18.7. The van der Waals surface area contributed by atoms with Gasteiger partial charge in [0.2, 0.25) is 5.91 Å². The molecule has 2 aromatic rings. The second kappa shape index (κ2) is 5.92. The predicted molar refractivity (Wildman–Crippen MR) is 80.3 cm³/mol. The van der Waals surface area contributed by atoms with Crippen LogP contribution in [0.5, 0.6) is 0 Å². The van der Waals surface area contributed by atoms with Crippen molar-refractivity contribution in [3.8, 4) is 0 Å². The number of aromatic amines is 1.